The van der Waals surface area contributed by atoms with Crippen LogP contribution in [0.2, 0.25) is 0 Å². The number of hydrogen-bond donors (Lipinski definition) is 1. The quantitative estimate of drug-likeness (QED) is 0.607. The lowest BCUT2D eigenvalue weighted by Gasteiger charge is -2.23. The number of hydrogen-bond acceptors (Lipinski definition) is 3. The maximum atomic E-state index is 5.26. The third-order valence-corrected chi connectivity index (χ3v) is 1.67. The van der Waals surface area contributed by atoms with Gasteiger partial charge in [-0.2, -0.15) is 0 Å². The second-order valence-corrected chi connectivity index (χ2v) is 2.51. The van der Waals surface area contributed by atoms with Gasteiger partial charge < -0.3 is 14.8 Å². The Morgan fingerprint density at radius 1 is 1.70 bits per heavy atom. The van der Waals surface area contributed by atoms with Crippen LogP contribution >= 0.6 is 0 Å². The van der Waals surface area contributed by atoms with E-state index in [2.05, 4.69) is 5.32 Å². The summed E-state index contributed by atoms with van der Waals surface area (Å²) >= 11 is 0. The second-order valence-electron chi connectivity index (χ2n) is 2.51. The molecule has 1 saturated heterocycles. The average molecular weight is 145 g/mol. The van der Waals surface area contributed by atoms with Gasteiger partial charge in [-0.3, -0.25) is 0 Å². The monoisotopic (exact) mass is 145 g/mol. The molecular weight excluding hydrogens is 130 g/mol. The molecule has 0 radical (unpaired) electrons. The Morgan fingerprint density at radius 2 is 2.60 bits per heavy atom. The summed E-state index contributed by atoms with van der Waals surface area (Å²) in [6.07, 6.45) is 1.05. The summed E-state index contributed by atoms with van der Waals surface area (Å²) in [5, 5.41) is 3.35. The minimum absolute atomic E-state index is 0.508. The van der Waals surface area contributed by atoms with E-state index in [1.165, 1.54) is 0 Å². The average Bonchev–Trinajstić information content (AvgIpc) is 2.03. The van der Waals surface area contributed by atoms with Crippen molar-refractivity contribution < 1.29 is 9.47 Å². The van der Waals surface area contributed by atoms with E-state index in [0.29, 0.717) is 6.04 Å². The van der Waals surface area contributed by atoms with Crippen molar-refractivity contribution in [2.75, 3.05) is 33.5 Å². The Bertz CT molecular complexity index is 81.7. The smallest absolute Gasteiger partial charge is 0.0621 e. The third-order valence-electron chi connectivity index (χ3n) is 1.67. The van der Waals surface area contributed by atoms with Crippen molar-refractivity contribution in [2.45, 2.75) is 12.5 Å². The highest BCUT2D eigenvalue weighted by Crippen LogP contribution is 1.97. The molecule has 3 nitrogen and oxygen atoms in total. The van der Waals surface area contributed by atoms with Crippen molar-refractivity contribution in [3.8, 4) is 0 Å². The lowest BCUT2D eigenvalue weighted by Crippen LogP contribution is -2.41. The third kappa shape index (κ3) is 2.64. The van der Waals surface area contributed by atoms with Gasteiger partial charge in [0.05, 0.1) is 13.2 Å². The maximum Gasteiger partial charge on any atom is 0.0621 e. The van der Waals surface area contributed by atoms with Crippen LogP contribution < -0.4 is 5.32 Å². The van der Waals surface area contributed by atoms with Crippen LogP contribution in [0.4, 0.5) is 0 Å². The van der Waals surface area contributed by atoms with Gasteiger partial charge in [0.15, 0.2) is 0 Å². The summed E-state index contributed by atoms with van der Waals surface area (Å²) < 4.78 is 10.2. The Balaban J connectivity index is 2.02. The Kier molecular flexibility index (Phi) is 3.72. The van der Waals surface area contributed by atoms with Gasteiger partial charge >= 0.3 is 0 Å². The van der Waals surface area contributed by atoms with Gasteiger partial charge in [0.2, 0.25) is 0 Å². The van der Waals surface area contributed by atoms with Crippen LogP contribution in [0.15, 0.2) is 0 Å². The topological polar surface area (TPSA) is 30.5 Å². The molecule has 1 aliphatic heterocycles. The van der Waals surface area contributed by atoms with Gasteiger partial charge in [-0.25, -0.2) is 0 Å². The summed E-state index contributed by atoms with van der Waals surface area (Å²) in [6.45, 7) is 3.49. The highest BCUT2D eigenvalue weighted by atomic mass is 16.5. The zero-order valence-corrected chi connectivity index (χ0v) is 6.43. The molecule has 60 valence electrons. The SMILES string of the molecule is COCCC1COCCN1. The van der Waals surface area contributed by atoms with E-state index in [9.17, 15) is 0 Å². The zero-order valence-electron chi connectivity index (χ0n) is 6.43. The zero-order chi connectivity index (χ0) is 7.23. The molecule has 0 saturated carbocycles. The van der Waals surface area contributed by atoms with Gasteiger partial charge in [0.1, 0.15) is 0 Å². The summed E-state index contributed by atoms with van der Waals surface area (Å²) in [7, 11) is 1.73. The summed E-state index contributed by atoms with van der Waals surface area (Å²) in [5.74, 6) is 0. The molecule has 0 bridgehead atoms. The first-order valence-corrected chi connectivity index (χ1v) is 3.73. The molecule has 10 heavy (non-hydrogen) atoms. The van der Waals surface area contributed by atoms with Crippen LogP contribution in [0.1, 0.15) is 6.42 Å². The molecular formula is C7H15NO2. The number of morpholine rings is 1. The normalized spacial score (nSPS) is 26.7. The van der Waals surface area contributed by atoms with Crippen LogP contribution in [0, 0.1) is 0 Å². The van der Waals surface area contributed by atoms with E-state index in [0.717, 1.165) is 32.8 Å². The van der Waals surface area contributed by atoms with Crippen molar-refractivity contribution in [2.24, 2.45) is 0 Å². The largest absolute Gasteiger partial charge is 0.385 e. The molecule has 0 aromatic heterocycles. The van der Waals surface area contributed by atoms with Crippen LogP contribution in [0.25, 0.3) is 0 Å². The predicted molar refractivity (Wildman–Crippen MR) is 39.1 cm³/mol. The molecule has 0 aliphatic carbocycles. The number of nitrogens with one attached hydrogen (secondary N) is 1. The van der Waals surface area contributed by atoms with Crippen molar-refractivity contribution in [1.29, 1.82) is 0 Å². The Labute approximate surface area is 61.7 Å². The molecule has 1 N–H and O–H groups in total. The van der Waals surface area contributed by atoms with E-state index >= 15 is 0 Å². The van der Waals surface area contributed by atoms with Gasteiger partial charge in [-0.05, 0) is 6.42 Å². The summed E-state index contributed by atoms with van der Waals surface area (Å²) in [4.78, 5) is 0. The van der Waals surface area contributed by atoms with Crippen LogP contribution in [-0.2, 0) is 9.47 Å². The van der Waals surface area contributed by atoms with Crippen molar-refractivity contribution in [1.82, 2.24) is 5.32 Å². The highest BCUT2D eigenvalue weighted by molar-refractivity contribution is 4.68. The molecule has 3 heteroatoms. The number of rotatable bonds is 3. The van der Waals surface area contributed by atoms with Crippen molar-refractivity contribution in [3.05, 3.63) is 0 Å². The van der Waals surface area contributed by atoms with E-state index in [1.807, 2.05) is 0 Å². The summed E-state index contributed by atoms with van der Waals surface area (Å²) in [6, 6.07) is 0.508. The molecule has 1 heterocycles. The predicted octanol–water partition coefficient (Wildman–Crippen LogP) is 0.0113. The van der Waals surface area contributed by atoms with Crippen molar-refractivity contribution in [3.63, 3.8) is 0 Å². The van der Waals surface area contributed by atoms with Gasteiger partial charge in [0.25, 0.3) is 0 Å². The highest BCUT2D eigenvalue weighted by Gasteiger charge is 2.11. The number of methoxy groups -OCH3 is 1. The molecule has 0 amide bonds. The molecule has 1 unspecified atom stereocenters. The lowest BCUT2D eigenvalue weighted by molar-refractivity contribution is 0.0631. The number of ether oxygens (including phenoxy) is 2. The minimum Gasteiger partial charge on any atom is -0.385 e. The molecule has 0 aromatic carbocycles. The molecule has 1 rings (SSSR count). The standard InChI is InChI=1S/C7H15NO2/c1-9-4-2-7-6-10-5-3-8-7/h7-8H,2-6H2,1H3. The maximum absolute atomic E-state index is 5.26. The van der Waals surface area contributed by atoms with Crippen LogP contribution in [0.3, 0.4) is 0 Å². The van der Waals surface area contributed by atoms with Gasteiger partial charge in [0, 0.05) is 26.3 Å². The Hall–Kier alpha value is -0.120. The van der Waals surface area contributed by atoms with E-state index in [4.69, 9.17) is 9.47 Å². The fraction of sp³-hybridized carbons (Fsp3) is 1.00. The first-order chi connectivity index (χ1) is 4.93. The summed E-state index contributed by atoms with van der Waals surface area (Å²) in [5.41, 5.74) is 0. The molecule has 1 aliphatic rings. The second kappa shape index (κ2) is 4.66. The van der Waals surface area contributed by atoms with E-state index < -0.39 is 0 Å². The molecule has 1 atom stereocenters. The molecule has 0 spiro atoms. The Morgan fingerprint density at radius 3 is 3.20 bits per heavy atom. The van der Waals surface area contributed by atoms with Crippen LogP contribution in [0.5, 0.6) is 0 Å². The van der Waals surface area contributed by atoms with E-state index in [-0.39, 0.29) is 0 Å². The lowest BCUT2D eigenvalue weighted by atomic mass is 10.2. The fourth-order valence-corrected chi connectivity index (χ4v) is 1.07. The first kappa shape index (κ1) is 7.98. The molecule has 0 aromatic rings. The fourth-order valence-electron chi connectivity index (χ4n) is 1.07. The van der Waals surface area contributed by atoms with Gasteiger partial charge in [-0.1, -0.05) is 0 Å². The van der Waals surface area contributed by atoms with Crippen molar-refractivity contribution >= 4 is 0 Å². The van der Waals surface area contributed by atoms with E-state index in [1.54, 1.807) is 7.11 Å². The first-order valence-electron chi connectivity index (χ1n) is 3.73. The van der Waals surface area contributed by atoms with Gasteiger partial charge in [-0.15, -0.1) is 0 Å². The molecule has 1 fully saturated rings. The minimum atomic E-state index is 0.508. The van der Waals surface area contributed by atoms with Crippen LogP contribution in [-0.4, -0.2) is 39.5 Å².